The number of carbonyl (C=O) groups is 1. The largest absolute Gasteiger partial charge is 0.355 e. The Balaban J connectivity index is 1.44. The van der Waals surface area contributed by atoms with Crippen LogP contribution < -0.4 is 5.32 Å². The molecule has 0 unspecified atom stereocenters. The summed E-state index contributed by atoms with van der Waals surface area (Å²) in [6, 6.07) is 7.68. The van der Waals surface area contributed by atoms with E-state index < -0.39 is 0 Å². The second kappa shape index (κ2) is 10.8. The molecule has 1 aromatic carbocycles. The van der Waals surface area contributed by atoms with Crippen molar-refractivity contribution in [3.63, 3.8) is 0 Å². The minimum Gasteiger partial charge on any atom is -0.355 e. The summed E-state index contributed by atoms with van der Waals surface area (Å²) in [4.78, 5) is 25.9. The highest BCUT2D eigenvalue weighted by molar-refractivity contribution is 6.30. The minimum atomic E-state index is 0.129. The van der Waals surface area contributed by atoms with Crippen molar-refractivity contribution in [3.8, 4) is 0 Å². The predicted molar refractivity (Wildman–Crippen MR) is 118 cm³/mol. The van der Waals surface area contributed by atoms with Gasteiger partial charge in [0.2, 0.25) is 5.91 Å². The first-order chi connectivity index (χ1) is 14.0. The van der Waals surface area contributed by atoms with Gasteiger partial charge in [-0.1, -0.05) is 23.7 Å². The van der Waals surface area contributed by atoms with Crippen molar-refractivity contribution in [2.75, 3.05) is 73.0 Å². The molecule has 0 spiro atoms. The summed E-state index contributed by atoms with van der Waals surface area (Å²) in [7, 11) is 3.97. The van der Waals surface area contributed by atoms with E-state index in [1.165, 1.54) is 13.0 Å². The molecule has 8 heteroatoms. The van der Waals surface area contributed by atoms with Crippen molar-refractivity contribution in [1.82, 2.24) is 24.9 Å². The number of carbonyl (C=O) groups excluding carboxylic acids is 1. The average Bonchev–Trinajstić information content (AvgIpc) is 2.93. The van der Waals surface area contributed by atoms with Crippen molar-refractivity contribution in [3.05, 3.63) is 34.9 Å². The minimum absolute atomic E-state index is 0.129. The molecule has 2 fully saturated rings. The third-order valence-corrected chi connectivity index (χ3v) is 5.89. The van der Waals surface area contributed by atoms with Gasteiger partial charge in [-0.2, -0.15) is 0 Å². The molecule has 2 aliphatic heterocycles. The van der Waals surface area contributed by atoms with Crippen LogP contribution in [-0.4, -0.2) is 104 Å². The highest BCUT2D eigenvalue weighted by Gasteiger charge is 2.26. The van der Waals surface area contributed by atoms with E-state index >= 15 is 0 Å². The predicted octanol–water partition coefficient (Wildman–Crippen LogP) is 1.20. The van der Waals surface area contributed by atoms with Crippen LogP contribution in [0.5, 0.6) is 0 Å². The lowest BCUT2D eigenvalue weighted by atomic mass is 10.2. The van der Waals surface area contributed by atoms with Gasteiger partial charge in [-0.3, -0.25) is 9.79 Å². The normalized spacial score (nSPS) is 20.1. The van der Waals surface area contributed by atoms with E-state index in [2.05, 4.69) is 32.1 Å². The third kappa shape index (κ3) is 6.59. The topological polar surface area (TPSA) is 54.4 Å². The molecule has 0 radical (unpaired) electrons. The van der Waals surface area contributed by atoms with Gasteiger partial charge >= 0.3 is 0 Å². The molecule has 0 atom stereocenters. The zero-order valence-electron chi connectivity index (χ0n) is 17.6. The van der Waals surface area contributed by atoms with Crippen LogP contribution in [0.25, 0.3) is 0 Å². The van der Waals surface area contributed by atoms with E-state index in [0.29, 0.717) is 24.7 Å². The van der Waals surface area contributed by atoms with E-state index in [9.17, 15) is 4.79 Å². The summed E-state index contributed by atoms with van der Waals surface area (Å²) in [6.45, 7) is 8.86. The van der Waals surface area contributed by atoms with Crippen molar-refractivity contribution in [2.24, 2.45) is 4.99 Å². The van der Waals surface area contributed by atoms with Crippen LogP contribution in [0.15, 0.2) is 29.3 Å². The lowest BCUT2D eigenvalue weighted by Gasteiger charge is -2.36. The molecule has 7 nitrogen and oxygen atoms in total. The Morgan fingerprint density at radius 3 is 2.62 bits per heavy atom. The summed E-state index contributed by atoms with van der Waals surface area (Å²) >= 11 is 5.95. The first-order valence-corrected chi connectivity index (χ1v) is 10.8. The van der Waals surface area contributed by atoms with Crippen LogP contribution >= 0.6 is 11.6 Å². The van der Waals surface area contributed by atoms with Crippen molar-refractivity contribution >= 4 is 23.5 Å². The molecule has 1 aromatic rings. The van der Waals surface area contributed by atoms with Crippen molar-refractivity contribution < 1.29 is 4.79 Å². The molecule has 0 bridgehead atoms. The van der Waals surface area contributed by atoms with Crippen LogP contribution in [0.1, 0.15) is 12.0 Å². The van der Waals surface area contributed by atoms with Gasteiger partial charge in [0.15, 0.2) is 5.96 Å². The molecular weight excluding hydrogens is 388 g/mol. The number of likely N-dealkylation sites (N-methyl/N-ethyl adjacent to an activating group) is 1. The van der Waals surface area contributed by atoms with Crippen molar-refractivity contribution in [1.29, 1.82) is 0 Å². The first-order valence-electron chi connectivity index (χ1n) is 10.4. The Labute approximate surface area is 179 Å². The molecule has 2 saturated heterocycles. The number of nitrogens with one attached hydrogen (secondary N) is 1. The van der Waals surface area contributed by atoms with Gasteiger partial charge in [-0.25, -0.2) is 0 Å². The van der Waals surface area contributed by atoms with E-state index in [-0.39, 0.29) is 5.91 Å². The van der Waals surface area contributed by atoms with Crippen LogP contribution in [0.2, 0.25) is 5.02 Å². The fourth-order valence-corrected chi connectivity index (χ4v) is 3.97. The number of nitrogens with zero attached hydrogens (tertiary/aromatic N) is 5. The summed E-state index contributed by atoms with van der Waals surface area (Å²) in [5, 5.41) is 4.16. The number of hydrogen-bond acceptors (Lipinski definition) is 4. The zero-order valence-corrected chi connectivity index (χ0v) is 18.4. The number of guanidine groups is 1. The fourth-order valence-electron chi connectivity index (χ4n) is 3.85. The Morgan fingerprint density at radius 2 is 1.90 bits per heavy atom. The fraction of sp³-hybridized carbons (Fsp3) is 0.619. The average molecular weight is 421 g/mol. The van der Waals surface area contributed by atoms with Crippen LogP contribution in [0.3, 0.4) is 0 Å². The monoisotopic (exact) mass is 420 g/mol. The smallest absolute Gasteiger partial charge is 0.242 e. The zero-order chi connectivity index (χ0) is 20.6. The Kier molecular flexibility index (Phi) is 8.15. The van der Waals surface area contributed by atoms with Gasteiger partial charge in [0.05, 0.1) is 6.54 Å². The van der Waals surface area contributed by atoms with Crippen LogP contribution in [0, 0.1) is 0 Å². The highest BCUT2D eigenvalue weighted by atomic mass is 35.5. The van der Waals surface area contributed by atoms with E-state index in [1.807, 2.05) is 29.2 Å². The molecule has 0 saturated carbocycles. The third-order valence-electron chi connectivity index (χ3n) is 5.64. The summed E-state index contributed by atoms with van der Waals surface area (Å²) in [6.07, 6.45) is 1.22. The molecule has 1 amide bonds. The maximum Gasteiger partial charge on any atom is 0.242 e. The molecule has 3 rings (SSSR count). The quantitative estimate of drug-likeness (QED) is 0.573. The maximum atomic E-state index is 12.6. The molecular formula is C21H33ClN6O. The number of hydrogen-bond donors (Lipinski definition) is 1. The summed E-state index contributed by atoms with van der Waals surface area (Å²) < 4.78 is 0. The Morgan fingerprint density at radius 1 is 1.10 bits per heavy atom. The molecule has 1 N–H and O–H groups in total. The Bertz CT molecular complexity index is 695. The molecule has 29 heavy (non-hydrogen) atoms. The standard InChI is InChI=1S/C21H33ClN6O/c1-23-21(24-8-11-26-10-3-9-25(2)12-13-26)28-15-14-27(20(29)17-28)16-18-4-6-19(22)7-5-18/h4-7H,3,8-17H2,1-2H3,(H,23,24). The Hall–Kier alpha value is -1.83. The summed E-state index contributed by atoms with van der Waals surface area (Å²) in [5.41, 5.74) is 1.10. The SMILES string of the molecule is CN=C(NCCN1CCCN(C)CC1)N1CCN(Cc2ccc(Cl)cc2)C(=O)C1. The van der Waals surface area contributed by atoms with Gasteiger partial charge in [-0.05, 0) is 44.3 Å². The number of amides is 1. The maximum absolute atomic E-state index is 12.6. The van der Waals surface area contributed by atoms with Crippen molar-refractivity contribution in [2.45, 2.75) is 13.0 Å². The van der Waals surface area contributed by atoms with Gasteiger partial charge in [0.25, 0.3) is 0 Å². The van der Waals surface area contributed by atoms with Gasteiger partial charge < -0.3 is 24.9 Å². The highest BCUT2D eigenvalue weighted by Crippen LogP contribution is 2.13. The number of piperazine rings is 1. The van der Waals surface area contributed by atoms with Crippen LogP contribution in [-0.2, 0) is 11.3 Å². The molecule has 0 aliphatic carbocycles. The first kappa shape index (κ1) is 21.9. The molecule has 0 aromatic heterocycles. The van der Waals surface area contributed by atoms with E-state index in [4.69, 9.17) is 11.6 Å². The number of halogens is 1. The van der Waals surface area contributed by atoms with E-state index in [0.717, 1.165) is 50.8 Å². The second-order valence-electron chi connectivity index (χ2n) is 7.84. The second-order valence-corrected chi connectivity index (χ2v) is 8.27. The summed E-state index contributed by atoms with van der Waals surface area (Å²) in [5.74, 6) is 0.945. The van der Waals surface area contributed by atoms with E-state index in [1.54, 1.807) is 7.05 Å². The number of benzene rings is 1. The molecule has 2 aliphatic rings. The van der Waals surface area contributed by atoms with Gasteiger partial charge in [-0.15, -0.1) is 0 Å². The number of rotatable bonds is 5. The lowest BCUT2D eigenvalue weighted by Crippen LogP contribution is -2.55. The van der Waals surface area contributed by atoms with Gasteiger partial charge in [0, 0.05) is 57.9 Å². The molecule has 2 heterocycles. The number of aliphatic imine (C=N–C) groups is 1. The lowest BCUT2D eigenvalue weighted by molar-refractivity contribution is -0.135. The van der Waals surface area contributed by atoms with Crippen LogP contribution in [0.4, 0.5) is 0 Å². The molecule has 160 valence electrons. The van der Waals surface area contributed by atoms with Gasteiger partial charge in [0.1, 0.15) is 0 Å².